The van der Waals surface area contributed by atoms with Gasteiger partial charge in [-0.1, -0.05) is 142 Å². The Morgan fingerprint density at radius 2 is 0.711 bits per heavy atom. The maximum absolute atomic E-state index is 5.87. The molecule has 0 N–H and O–H groups in total. The third kappa shape index (κ3) is 23.3. The SMILES string of the molecule is CCCCCCCCCCCCCCn1cc[n+](COCCCOC[n+]2ccn(CCCCCCCCCCCCCC)c2)c1. The van der Waals surface area contributed by atoms with Gasteiger partial charge in [0.1, 0.15) is 24.8 Å². The Hall–Kier alpha value is -1.66. The molecule has 2 aromatic rings. The van der Waals surface area contributed by atoms with E-state index in [1.165, 1.54) is 154 Å². The quantitative estimate of drug-likeness (QED) is 0.0570. The maximum Gasteiger partial charge on any atom is 0.245 e. The molecule has 0 spiro atoms. The summed E-state index contributed by atoms with van der Waals surface area (Å²) in [5.74, 6) is 0. The Balaban J connectivity index is 1.34. The van der Waals surface area contributed by atoms with Gasteiger partial charge in [-0.05, 0) is 32.1 Å². The van der Waals surface area contributed by atoms with Gasteiger partial charge in [0, 0.05) is 0 Å². The zero-order valence-corrected chi connectivity index (χ0v) is 30.0. The lowest BCUT2D eigenvalue weighted by Gasteiger charge is -2.03. The molecule has 0 saturated carbocycles. The van der Waals surface area contributed by atoms with E-state index in [2.05, 4.69) is 69.6 Å². The summed E-state index contributed by atoms with van der Waals surface area (Å²) in [6.45, 7) is 9.48. The average Bonchev–Trinajstić information content (AvgIpc) is 3.71. The number of nitrogens with zero attached hydrogens (tertiary/aromatic N) is 4. The molecule has 6 nitrogen and oxygen atoms in total. The Morgan fingerprint density at radius 1 is 0.400 bits per heavy atom. The first-order valence-corrected chi connectivity index (χ1v) is 19.6. The molecule has 0 atom stereocenters. The highest BCUT2D eigenvalue weighted by Crippen LogP contribution is 2.13. The Morgan fingerprint density at radius 3 is 1.04 bits per heavy atom. The third-order valence-corrected chi connectivity index (χ3v) is 9.09. The van der Waals surface area contributed by atoms with E-state index in [9.17, 15) is 0 Å². The van der Waals surface area contributed by atoms with E-state index in [4.69, 9.17) is 9.47 Å². The van der Waals surface area contributed by atoms with E-state index >= 15 is 0 Å². The molecular formula is C39H74N4O2+2. The topological polar surface area (TPSA) is 36.1 Å². The molecule has 0 radical (unpaired) electrons. The van der Waals surface area contributed by atoms with E-state index in [0.717, 1.165) is 32.7 Å². The summed E-state index contributed by atoms with van der Waals surface area (Å²) in [5.41, 5.74) is 0. The van der Waals surface area contributed by atoms with Crippen LogP contribution in [0.5, 0.6) is 0 Å². The van der Waals surface area contributed by atoms with Crippen molar-refractivity contribution in [1.82, 2.24) is 9.13 Å². The van der Waals surface area contributed by atoms with Gasteiger partial charge in [0.15, 0.2) is 13.5 Å². The van der Waals surface area contributed by atoms with Gasteiger partial charge in [-0.2, -0.15) is 0 Å². The first-order chi connectivity index (χ1) is 22.3. The fraction of sp³-hybridized carbons (Fsp3) is 0.846. The van der Waals surface area contributed by atoms with Crippen molar-refractivity contribution in [2.75, 3.05) is 13.2 Å². The van der Waals surface area contributed by atoms with Crippen LogP contribution in [0.3, 0.4) is 0 Å². The van der Waals surface area contributed by atoms with Crippen molar-refractivity contribution in [2.45, 2.75) is 201 Å². The van der Waals surface area contributed by atoms with E-state index in [0.29, 0.717) is 13.5 Å². The van der Waals surface area contributed by atoms with Crippen LogP contribution in [0.4, 0.5) is 0 Å². The van der Waals surface area contributed by atoms with Crippen molar-refractivity contribution < 1.29 is 18.6 Å². The van der Waals surface area contributed by atoms with Crippen molar-refractivity contribution in [2.24, 2.45) is 0 Å². The van der Waals surface area contributed by atoms with Crippen molar-refractivity contribution >= 4 is 0 Å². The van der Waals surface area contributed by atoms with Gasteiger partial charge >= 0.3 is 0 Å². The van der Waals surface area contributed by atoms with Crippen LogP contribution in [0.1, 0.15) is 174 Å². The summed E-state index contributed by atoms with van der Waals surface area (Å²) in [6, 6.07) is 0. The van der Waals surface area contributed by atoms with Gasteiger partial charge in [-0.15, -0.1) is 0 Å². The lowest BCUT2D eigenvalue weighted by Crippen LogP contribution is -2.33. The van der Waals surface area contributed by atoms with Gasteiger partial charge in [0.25, 0.3) is 0 Å². The average molecular weight is 631 g/mol. The van der Waals surface area contributed by atoms with E-state index in [1.54, 1.807) is 0 Å². The normalized spacial score (nSPS) is 11.6. The van der Waals surface area contributed by atoms with Crippen molar-refractivity contribution in [3.05, 3.63) is 37.4 Å². The minimum atomic E-state index is 0.613. The minimum absolute atomic E-state index is 0.613. The number of aryl methyl sites for hydroxylation is 2. The highest BCUT2D eigenvalue weighted by Gasteiger charge is 2.06. The second-order valence-electron chi connectivity index (χ2n) is 13.5. The molecule has 2 rings (SSSR count). The maximum atomic E-state index is 5.87. The van der Waals surface area contributed by atoms with Gasteiger partial charge in [-0.25, -0.2) is 18.3 Å². The van der Waals surface area contributed by atoms with Gasteiger partial charge in [-0.3, -0.25) is 0 Å². The summed E-state index contributed by atoms with van der Waals surface area (Å²) in [4.78, 5) is 0. The molecule has 0 fully saturated rings. The first kappa shape index (κ1) is 39.5. The molecule has 6 heteroatoms. The number of hydrogen-bond acceptors (Lipinski definition) is 2. The molecule has 260 valence electrons. The number of imidazole rings is 2. The summed E-state index contributed by atoms with van der Waals surface area (Å²) in [5, 5.41) is 0. The zero-order chi connectivity index (χ0) is 31.9. The molecular weight excluding hydrogens is 556 g/mol. The molecule has 0 amide bonds. The number of aromatic nitrogens is 4. The number of ether oxygens (including phenoxy) is 2. The standard InChI is InChI=1S/C39H74N4O2/c1-3-5-7-9-11-13-15-17-19-21-23-25-28-40-30-32-42(36-40)38-44-34-27-35-45-39-43-33-31-41(37-43)29-26-24-22-20-18-16-14-12-10-8-6-4-2/h30-33,36-37H,3-29,34-35,38-39H2,1-2H3/q+2. The van der Waals surface area contributed by atoms with Crippen LogP contribution in [0.25, 0.3) is 0 Å². The van der Waals surface area contributed by atoms with Gasteiger partial charge in [0.05, 0.1) is 26.3 Å². The fourth-order valence-corrected chi connectivity index (χ4v) is 6.17. The Labute approximate surface area is 278 Å². The van der Waals surface area contributed by atoms with Crippen LogP contribution >= 0.6 is 0 Å². The molecule has 2 aromatic heterocycles. The summed E-state index contributed by atoms with van der Waals surface area (Å²) < 4.78 is 20.6. The molecule has 0 aromatic carbocycles. The fourth-order valence-electron chi connectivity index (χ4n) is 6.17. The lowest BCUT2D eigenvalue weighted by atomic mass is 10.1. The summed E-state index contributed by atoms with van der Waals surface area (Å²) in [7, 11) is 0. The molecule has 2 heterocycles. The van der Waals surface area contributed by atoms with Crippen LogP contribution in [-0.2, 0) is 36.0 Å². The van der Waals surface area contributed by atoms with Crippen LogP contribution < -0.4 is 9.13 Å². The van der Waals surface area contributed by atoms with Gasteiger partial charge in [0.2, 0.25) is 12.7 Å². The molecule has 0 bridgehead atoms. The zero-order valence-electron chi connectivity index (χ0n) is 30.0. The minimum Gasteiger partial charge on any atom is -0.342 e. The van der Waals surface area contributed by atoms with Gasteiger partial charge < -0.3 is 9.47 Å². The highest BCUT2D eigenvalue weighted by molar-refractivity contribution is 4.67. The molecule has 0 aliphatic rings. The number of unbranched alkanes of at least 4 members (excludes halogenated alkanes) is 22. The lowest BCUT2D eigenvalue weighted by molar-refractivity contribution is -0.733. The van der Waals surface area contributed by atoms with Crippen LogP contribution in [-0.4, -0.2) is 22.3 Å². The van der Waals surface area contributed by atoms with Crippen LogP contribution in [0.15, 0.2) is 37.4 Å². The monoisotopic (exact) mass is 631 g/mol. The van der Waals surface area contributed by atoms with Crippen molar-refractivity contribution in [1.29, 1.82) is 0 Å². The summed E-state index contributed by atoms with van der Waals surface area (Å²) >= 11 is 0. The number of hydrogen-bond donors (Lipinski definition) is 0. The first-order valence-electron chi connectivity index (χ1n) is 19.6. The molecule has 0 unspecified atom stereocenters. The second-order valence-corrected chi connectivity index (χ2v) is 13.5. The predicted molar refractivity (Wildman–Crippen MR) is 188 cm³/mol. The molecule has 45 heavy (non-hydrogen) atoms. The van der Waals surface area contributed by atoms with Crippen LogP contribution in [0.2, 0.25) is 0 Å². The summed E-state index contributed by atoms with van der Waals surface area (Å²) in [6.07, 6.45) is 47.4. The van der Waals surface area contributed by atoms with Crippen molar-refractivity contribution in [3.8, 4) is 0 Å². The van der Waals surface area contributed by atoms with Crippen molar-refractivity contribution in [3.63, 3.8) is 0 Å². The van der Waals surface area contributed by atoms with E-state index in [-0.39, 0.29) is 0 Å². The molecule has 0 aliphatic carbocycles. The third-order valence-electron chi connectivity index (χ3n) is 9.09. The largest absolute Gasteiger partial charge is 0.342 e. The molecule has 0 saturated heterocycles. The van der Waals surface area contributed by atoms with Crippen LogP contribution in [0, 0.1) is 0 Å². The highest BCUT2D eigenvalue weighted by atomic mass is 16.5. The number of rotatable bonds is 34. The van der Waals surface area contributed by atoms with E-state index in [1.807, 2.05) is 0 Å². The Kier molecular flexibility index (Phi) is 26.1. The predicted octanol–water partition coefficient (Wildman–Crippen LogP) is 10.3. The second kappa shape index (κ2) is 29.7. The Bertz CT molecular complexity index is 810. The molecule has 0 aliphatic heterocycles. The van der Waals surface area contributed by atoms with E-state index < -0.39 is 0 Å². The smallest absolute Gasteiger partial charge is 0.245 e.